The Bertz CT molecular complexity index is 767. The lowest BCUT2D eigenvalue weighted by Crippen LogP contribution is -2.32. The maximum atomic E-state index is 12.6. The van der Waals surface area contributed by atoms with Gasteiger partial charge in [-0.15, -0.1) is 0 Å². The van der Waals surface area contributed by atoms with Gasteiger partial charge in [-0.3, -0.25) is 9.59 Å². The highest BCUT2D eigenvalue weighted by molar-refractivity contribution is 5.95. The Hall–Kier alpha value is -3.02. The van der Waals surface area contributed by atoms with E-state index in [9.17, 15) is 9.59 Å². The van der Waals surface area contributed by atoms with Gasteiger partial charge in [0.1, 0.15) is 5.75 Å². The molecule has 2 amide bonds. The Morgan fingerprint density at radius 3 is 2.00 bits per heavy atom. The first-order valence-corrected chi connectivity index (χ1v) is 10.2. The summed E-state index contributed by atoms with van der Waals surface area (Å²) in [5, 5.41) is 5.92. The third-order valence-electron chi connectivity index (χ3n) is 4.31. The van der Waals surface area contributed by atoms with Crippen LogP contribution in [0.3, 0.4) is 0 Å². The molecule has 0 heterocycles. The molecular weight excluding hydrogens is 366 g/mol. The summed E-state index contributed by atoms with van der Waals surface area (Å²) < 4.78 is 5.39. The summed E-state index contributed by atoms with van der Waals surface area (Å²) >= 11 is 0. The van der Waals surface area contributed by atoms with Crippen molar-refractivity contribution in [2.75, 3.05) is 36.9 Å². The fourth-order valence-corrected chi connectivity index (χ4v) is 2.96. The molecule has 0 atom stereocenters. The van der Waals surface area contributed by atoms with E-state index in [1.54, 1.807) is 12.1 Å². The minimum Gasteiger partial charge on any atom is -0.494 e. The van der Waals surface area contributed by atoms with Crippen LogP contribution in [0.4, 0.5) is 11.4 Å². The second kappa shape index (κ2) is 11.7. The van der Waals surface area contributed by atoms with E-state index >= 15 is 0 Å². The van der Waals surface area contributed by atoms with E-state index in [2.05, 4.69) is 24.5 Å². The summed E-state index contributed by atoms with van der Waals surface area (Å²) in [4.78, 5) is 26.6. The van der Waals surface area contributed by atoms with Crippen molar-refractivity contribution >= 4 is 23.2 Å². The maximum absolute atomic E-state index is 12.6. The normalized spacial score (nSPS) is 10.3. The van der Waals surface area contributed by atoms with Crippen LogP contribution in [0.5, 0.6) is 5.75 Å². The average molecular weight is 398 g/mol. The lowest BCUT2D eigenvalue weighted by atomic mass is 10.1. The molecule has 0 fully saturated rings. The van der Waals surface area contributed by atoms with E-state index in [1.165, 1.54) is 0 Å². The summed E-state index contributed by atoms with van der Waals surface area (Å²) in [5.74, 6) is 0.676. The standard InChI is InChI=1S/C23H31N3O3/c1-4-15-26(16-5-2)23(28)18-7-9-19(10-8-18)24-17-22(27)25-20-11-13-21(14-12-20)29-6-3/h7-14,24H,4-6,15-17H2,1-3H3,(H,25,27). The van der Waals surface area contributed by atoms with Gasteiger partial charge in [0, 0.05) is 30.0 Å². The number of amides is 2. The van der Waals surface area contributed by atoms with Crippen LogP contribution in [0, 0.1) is 0 Å². The van der Waals surface area contributed by atoms with Crippen LogP contribution in [0.1, 0.15) is 44.0 Å². The van der Waals surface area contributed by atoms with Crippen LogP contribution in [0.25, 0.3) is 0 Å². The van der Waals surface area contributed by atoms with Crippen LogP contribution in [-0.4, -0.2) is 43.0 Å². The number of nitrogens with zero attached hydrogens (tertiary/aromatic N) is 1. The molecule has 0 unspecified atom stereocenters. The van der Waals surface area contributed by atoms with Gasteiger partial charge in [-0.25, -0.2) is 0 Å². The monoisotopic (exact) mass is 397 g/mol. The first-order valence-electron chi connectivity index (χ1n) is 10.2. The zero-order chi connectivity index (χ0) is 21.1. The molecular formula is C23H31N3O3. The van der Waals surface area contributed by atoms with Crippen molar-refractivity contribution in [3.8, 4) is 5.75 Å². The number of carbonyl (C=O) groups is 2. The van der Waals surface area contributed by atoms with E-state index in [-0.39, 0.29) is 18.4 Å². The predicted octanol–water partition coefficient (Wildman–Crippen LogP) is 4.40. The number of nitrogens with one attached hydrogen (secondary N) is 2. The highest BCUT2D eigenvalue weighted by Crippen LogP contribution is 2.16. The van der Waals surface area contributed by atoms with Gasteiger partial charge in [-0.2, -0.15) is 0 Å². The number of carbonyl (C=O) groups excluding carboxylic acids is 2. The van der Waals surface area contributed by atoms with Gasteiger partial charge in [0.25, 0.3) is 5.91 Å². The summed E-state index contributed by atoms with van der Waals surface area (Å²) in [6.45, 7) is 8.34. The molecule has 0 spiro atoms. The SMILES string of the molecule is CCCN(CCC)C(=O)c1ccc(NCC(=O)Nc2ccc(OCC)cc2)cc1. The summed E-state index contributed by atoms with van der Waals surface area (Å²) in [7, 11) is 0. The number of benzene rings is 2. The van der Waals surface area contributed by atoms with Crippen LogP contribution >= 0.6 is 0 Å². The van der Waals surface area contributed by atoms with Crippen LogP contribution in [0.2, 0.25) is 0 Å². The van der Waals surface area contributed by atoms with E-state index < -0.39 is 0 Å². The lowest BCUT2D eigenvalue weighted by molar-refractivity contribution is -0.114. The lowest BCUT2D eigenvalue weighted by Gasteiger charge is -2.21. The third kappa shape index (κ3) is 7.14. The van der Waals surface area contributed by atoms with Crippen LogP contribution < -0.4 is 15.4 Å². The fourth-order valence-electron chi connectivity index (χ4n) is 2.96. The first kappa shape index (κ1) is 22.3. The molecule has 6 nitrogen and oxygen atoms in total. The molecule has 2 N–H and O–H groups in total. The van der Waals surface area contributed by atoms with Gasteiger partial charge >= 0.3 is 0 Å². The van der Waals surface area contributed by atoms with Gasteiger partial charge in [0.2, 0.25) is 5.91 Å². The molecule has 156 valence electrons. The van der Waals surface area contributed by atoms with Gasteiger partial charge in [0.15, 0.2) is 0 Å². The van der Waals surface area contributed by atoms with Crippen molar-refractivity contribution in [1.29, 1.82) is 0 Å². The molecule has 0 saturated heterocycles. The first-order chi connectivity index (χ1) is 14.1. The highest BCUT2D eigenvalue weighted by atomic mass is 16.5. The minimum atomic E-state index is -0.147. The number of anilines is 2. The van der Waals surface area contributed by atoms with Crippen LogP contribution in [0.15, 0.2) is 48.5 Å². The Kier molecular flexibility index (Phi) is 9.02. The van der Waals surface area contributed by atoms with Gasteiger partial charge in [-0.1, -0.05) is 13.8 Å². The molecule has 2 aromatic rings. The summed E-state index contributed by atoms with van der Waals surface area (Å²) in [6.07, 6.45) is 1.88. The van der Waals surface area contributed by atoms with Gasteiger partial charge < -0.3 is 20.3 Å². The van der Waals surface area contributed by atoms with Crippen molar-refractivity contribution in [2.45, 2.75) is 33.6 Å². The largest absolute Gasteiger partial charge is 0.494 e. The number of rotatable bonds is 11. The molecule has 0 radical (unpaired) electrons. The highest BCUT2D eigenvalue weighted by Gasteiger charge is 2.14. The van der Waals surface area contributed by atoms with Crippen molar-refractivity contribution in [3.63, 3.8) is 0 Å². The second-order valence-corrected chi connectivity index (χ2v) is 6.73. The van der Waals surface area contributed by atoms with E-state index in [0.717, 1.165) is 37.4 Å². The number of hydrogen-bond acceptors (Lipinski definition) is 4. The number of hydrogen-bond donors (Lipinski definition) is 2. The van der Waals surface area contributed by atoms with E-state index in [0.29, 0.717) is 17.9 Å². The van der Waals surface area contributed by atoms with E-state index in [4.69, 9.17) is 4.74 Å². The molecule has 2 aromatic carbocycles. The second-order valence-electron chi connectivity index (χ2n) is 6.73. The zero-order valence-corrected chi connectivity index (χ0v) is 17.5. The smallest absolute Gasteiger partial charge is 0.253 e. The Labute approximate surface area is 173 Å². The quantitative estimate of drug-likeness (QED) is 0.590. The van der Waals surface area contributed by atoms with Crippen molar-refractivity contribution < 1.29 is 14.3 Å². The molecule has 0 bridgehead atoms. The third-order valence-corrected chi connectivity index (χ3v) is 4.31. The maximum Gasteiger partial charge on any atom is 0.253 e. The fraction of sp³-hybridized carbons (Fsp3) is 0.391. The Morgan fingerprint density at radius 2 is 1.45 bits per heavy atom. The van der Waals surface area contributed by atoms with E-state index in [1.807, 2.05) is 48.2 Å². The summed E-state index contributed by atoms with van der Waals surface area (Å²) in [6, 6.07) is 14.5. The van der Waals surface area contributed by atoms with Crippen molar-refractivity contribution in [3.05, 3.63) is 54.1 Å². The molecule has 0 aromatic heterocycles. The van der Waals surface area contributed by atoms with Gasteiger partial charge in [-0.05, 0) is 68.3 Å². The zero-order valence-electron chi connectivity index (χ0n) is 17.5. The predicted molar refractivity (Wildman–Crippen MR) is 118 cm³/mol. The molecule has 2 rings (SSSR count). The molecule has 0 aliphatic carbocycles. The minimum absolute atomic E-state index is 0.0495. The van der Waals surface area contributed by atoms with Gasteiger partial charge in [0.05, 0.1) is 13.2 Å². The van der Waals surface area contributed by atoms with Crippen molar-refractivity contribution in [2.24, 2.45) is 0 Å². The molecule has 0 aliphatic heterocycles. The Balaban J connectivity index is 1.86. The molecule has 6 heteroatoms. The van der Waals surface area contributed by atoms with Crippen LogP contribution in [-0.2, 0) is 4.79 Å². The molecule has 0 aliphatic rings. The summed E-state index contributed by atoms with van der Waals surface area (Å²) in [5.41, 5.74) is 2.17. The van der Waals surface area contributed by atoms with Crippen molar-refractivity contribution in [1.82, 2.24) is 4.90 Å². The topological polar surface area (TPSA) is 70.7 Å². The average Bonchev–Trinajstić information content (AvgIpc) is 2.73. The molecule has 29 heavy (non-hydrogen) atoms. The molecule has 0 saturated carbocycles. The Morgan fingerprint density at radius 1 is 0.862 bits per heavy atom. The number of ether oxygens (including phenoxy) is 1.